The molecule has 23 heavy (non-hydrogen) atoms. The van der Waals surface area contributed by atoms with Gasteiger partial charge in [0.05, 0.1) is 23.3 Å². The van der Waals surface area contributed by atoms with Crippen LogP contribution in [-0.4, -0.2) is 24.6 Å². The maximum absolute atomic E-state index is 12.7. The molecule has 0 saturated heterocycles. The van der Waals surface area contributed by atoms with Crippen LogP contribution in [0.15, 0.2) is 53.6 Å². The summed E-state index contributed by atoms with van der Waals surface area (Å²) < 4.78 is 12.7. The molecule has 0 spiro atoms. The van der Waals surface area contributed by atoms with Crippen molar-refractivity contribution in [3.8, 4) is 0 Å². The van der Waals surface area contributed by atoms with Gasteiger partial charge in [0.1, 0.15) is 5.82 Å². The van der Waals surface area contributed by atoms with Gasteiger partial charge in [0.25, 0.3) is 11.8 Å². The molecule has 0 unspecified atom stereocenters. The highest BCUT2D eigenvalue weighted by atomic mass is 35.5. The van der Waals surface area contributed by atoms with Gasteiger partial charge in [0.15, 0.2) is 0 Å². The zero-order valence-electron chi connectivity index (χ0n) is 11.9. The summed E-state index contributed by atoms with van der Waals surface area (Å²) in [6.45, 7) is -0.245. The molecule has 5 nitrogen and oxygen atoms in total. The van der Waals surface area contributed by atoms with E-state index in [1.807, 2.05) is 0 Å². The Morgan fingerprint density at radius 3 is 2.52 bits per heavy atom. The fourth-order valence-electron chi connectivity index (χ4n) is 1.67. The van der Waals surface area contributed by atoms with Crippen molar-refractivity contribution >= 4 is 29.6 Å². The molecule has 0 aliphatic carbocycles. The predicted molar refractivity (Wildman–Crippen MR) is 85.9 cm³/mol. The lowest BCUT2D eigenvalue weighted by atomic mass is 10.2. The number of carbonyl (C=O) groups excluding carboxylic acids is 2. The van der Waals surface area contributed by atoms with E-state index in [0.29, 0.717) is 10.6 Å². The number of halogens is 2. The summed E-state index contributed by atoms with van der Waals surface area (Å²) >= 11 is 5.89. The highest BCUT2D eigenvalue weighted by molar-refractivity contribution is 6.33. The zero-order chi connectivity index (χ0) is 16.7. The van der Waals surface area contributed by atoms with E-state index in [1.165, 1.54) is 30.5 Å². The van der Waals surface area contributed by atoms with Gasteiger partial charge in [0, 0.05) is 0 Å². The van der Waals surface area contributed by atoms with Crippen molar-refractivity contribution in [2.45, 2.75) is 0 Å². The number of hydrogen-bond acceptors (Lipinski definition) is 3. The number of hydrogen-bond donors (Lipinski definition) is 2. The van der Waals surface area contributed by atoms with Crippen molar-refractivity contribution in [1.29, 1.82) is 0 Å². The highest BCUT2D eigenvalue weighted by Gasteiger charge is 2.10. The van der Waals surface area contributed by atoms with Gasteiger partial charge in [-0.15, -0.1) is 0 Å². The first-order valence-corrected chi connectivity index (χ1v) is 7.04. The molecule has 2 aromatic rings. The van der Waals surface area contributed by atoms with Crippen molar-refractivity contribution in [2.24, 2.45) is 5.10 Å². The normalized spacial score (nSPS) is 10.5. The van der Waals surface area contributed by atoms with E-state index in [1.54, 1.807) is 24.3 Å². The summed E-state index contributed by atoms with van der Waals surface area (Å²) in [5.74, 6) is -1.30. The summed E-state index contributed by atoms with van der Waals surface area (Å²) in [6, 6.07) is 12.1. The number of rotatable bonds is 5. The smallest absolute Gasteiger partial charge is 0.259 e. The second kappa shape index (κ2) is 8.05. The number of amides is 2. The molecule has 2 aromatic carbocycles. The largest absolute Gasteiger partial charge is 0.343 e. The van der Waals surface area contributed by atoms with Crippen LogP contribution in [0.4, 0.5) is 4.39 Å². The summed E-state index contributed by atoms with van der Waals surface area (Å²) in [4.78, 5) is 23.4. The zero-order valence-corrected chi connectivity index (χ0v) is 12.7. The molecule has 7 heteroatoms. The van der Waals surface area contributed by atoms with Crippen LogP contribution in [0.1, 0.15) is 15.9 Å². The molecule has 2 N–H and O–H groups in total. The van der Waals surface area contributed by atoms with Crippen LogP contribution in [0.5, 0.6) is 0 Å². The quantitative estimate of drug-likeness (QED) is 0.651. The van der Waals surface area contributed by atoms with Gasteiger partial charge in [-0.2, -0.15) is 5.10 Å². The third kappa shape index (κ3) is 5.19. The number of nitrogens with one attached hydrogen (secondary N) is 2. The number of hydrazone groups is 1. The number of carbonyl (C=O) groups is 2. The van der Waals surface area contributed by atoms with E-state index in [4.69, 9.17) is 11.6 Å². The minimum absolute atomic E-state index is 0.245. The fraction of sp³-hybridized carbons (Fsp3) is 0.0625. The highest BCUT2D eigenvalue weighted by Crippen LogP contribution is 2.14. The molecular formula is C16H13ClFN3O2. The van der Waals surface area contributed by atoms with Gasteiger partial charge in [-0.1, -0.05) is 35.9 Å². The lowest BCUT2D eigenvalue weighted by Gasteiger charge is -2.05. The van der Waals surface area contributed by atoms with Gasteiger partial charge in [-0.05, 0) is 29.8 Å². The molecule has 0 atom stereocenters. The molecular weight excluding hydrogens is 321 g/mol. The Kier molecular flexibility index (Phi) is 5.82. The van der Waals surface area contributed by atoms with Gasteiger partial charge in [-0.3, -0.25) is 9.59 Å². The predicted octanol–water partition coefficient (Wildman–Crippen LogP) is 2.36. The van der Waals surface area contributed by atoms with Crippen LogP contribution in [0.2, 0.25) is 5.02 Å². The molecule has 0 saturated carbocycles. The lowest BCUT2D eigenvalue weighted by molar-refractivity contribution is -0.120. The van der Waals surface area contributed by atoms with Crippen LogP contribution in [0, 0.1) is 5.82 Å². The Morgan fingerprint density at radius 1 is 1.13 bits per heavy atom. The molecule has 0 radical (unpaired) electrons. The van der Waals surface area contributed by atoms with Crippen molar-refractivity contribution in [2.75, 3.05) is 6.54 Å². The number of benzene rings is 2. The van der Waals surface area contributed by atoms with Crippen LogP contribution in [0.25, 0.3) is 0 Å². The molecule has 2 amide bonds. The third-order valence-electron chi connectivity index (χ3n) is 2.80. The third-order valence-corrected chi connectivity index (χ3v) is 3.13. The van der Waals surface area contributed by atoms with E-state index in [-0.39, 0.29) is 17.9 Å². The molecule has 0 aromatic heterocycles. The molecule has 0 aliphatic heterocycles. The molecule has 0 aliphatic rings. The van der Waals surface area contributed by atoms with Crippen LogP contribution in [0.3, 0.4) is 0 Å². The molecule has 2 rings (SSSR count). The molecule has 0 bridgehead atoms. The average Bonchev–Trinajstić information content (AvgIpc) is 2.55. The monoisotopic (exact) mass is 333 g/mol. The van der Waals surface area contributed by atoms with Gasteiger partial charge in [-0.25, -0.2) is 9.82 Å². The van der Waals surface area contributed by atoms with Crippen LogP contribution >= 0.6 is 11.6 Å². The average molecular weight is 334 g/mol. The minimum Gasteiger partial charge on any atom is -0.343 e. The summed E-state index contributed by atoms with van der Waals surface area (Å²) in [5, 5.41) is 6.46. The first-order valence-electron chi connectivity index (χ1n) is 6.66. The second-order valence-electron chi connectivity index (χ2n) is 4.51. The van der Waals surface area contributed by atoms with Crippen LogP contribution < -0.4 is 10.7 Å². The molecule has 0 heterocycles. The fourth-order valence-corrected chi connectivity index (χ4v) is 1.89. The Morgan fingerprint density at radius 2 is 1.83 bits per heavy atom. The lowest BCUT2D eigenvalue weighted by Crippen LogP contribution is -2.35. The Labute approximate surface area is 137 Å². The van der Waals surface area contributed by atoms with Gasteiger partial charge < -0.3 is 5.32 Å². The van der Waals surface area contributed by atoms with Crippen molar-refractivity contribution in [1.82, 2.24) is 10.7 Å². The maximum Gasteiger partial charge on any atom is 0.259 e. The SMILES string of the molecule is O=C(CNC(=O)c1ccccc1Cl)N/N=C/c1ccc(F)cc1. The summed E-state index contributed by atoms with van der Waals surface area (Å²) in [6.07, 6.45) is 1.37. The van der Waals surface area contributed by atoms with Crippen molar-refractivity contribution in [3.63, 3.8) is 0 Å². The number of nitrogens with zero attached hydrogens (tertiary/aromatic N) is 1. The summed E-state index contributed by atoms with van der Waals surface area (Å²) in [7, 11) is 0. The van der Waals surface area contributed by atoms with Crippen LogP contribution in [-0.2, 0) is 4.79 Å². The molecule has 118 valence electrons. The second-order valence-corrected chi connectivity index (χ2v) is 4.91. The Balaban J connectivity index is 1.80. The van der Waals surface area contributed by atoms with E-state index in [2.05, 4.69) is 15.8 Å². The van der Waals surface area contributed by atoms with Gasteiger partial charge >= 0.3 is 0 Å². The maximum atomic E-state index is 12.7. The first kappa shape index (κ1) is 16.6. The Bertz CT molecular complexity index is 732. The van der Waals surface area contributed by atoms with E-state index in [9.17, 15) is 14.0 Å². The van der Waals surface area contributed by atoms with E-state index < -0.39 is 11.8 Å². The minimum atomic E-state index is -0.497. The first-order chi connectivity index (χ1) is 11.1. The van der Waals surface area contributed by atoms with E-state index >= 15 is 0 Å². The van der Waals surface area contributed by atoms with Crippen molar-refractivity contribution < 1.29 is 14.0 Å². The standard InChI is InChI=1S/C16H13ClFN3O2/c17-14-4-2-1-3-13(14)16(23)19-10-15(22)21-20-9-11-5-7-12(18)8-6-11/h1-9H,10H2,(H,19,23)(H,21,22)/b20-9+. The van der Waals surface area contributed by atoms with Gasteiger partial charge in [0.2, 0.25) is 0 Å². The topological polar surface area (TPSA) is 70.6 Å². The Hall–Kier alpha value is -2.73. The van der Waals surface area contributed by atoms with Crippen molar-refractivity contribution in [3.05, 3.63) is 70.5 Å². The summed E-state index contributed by atoms with van der Waals surface area (Å²) in [5.41, 5.74) is 3.18. The van der Waals surface area contributed by atoms with E-state index in [0.717, 1.165) is 0 Å². The molecule has 0 fully saturated rings.